The molecule has 1 amide bonds. The van der Waals surface area contributed by atoms with Crippen LogP contribution in [-0.2, 0) is 10.2 Å². The Hall–Kier alpha value is -2.37. The average Bonchev–Trinajstić information content (AvgIpc) is 3.12. The predicted molar refractivity (Wildman–Crippen MR) is 125 cm³/mol. The largest absolute Gasteiger partial charge is 0.390 e. The van der Waals surface area contributed by atoms with E-state index < -0.39 is 11.5 Å². The standard InChI is InChI=1S/C26H35N3O2/c1-2-13-26(22-9-5-3-6-10-22)14-15-29(25(26)31)21-24(30)20-27-16-18-28(19-17-27)23-11-7-4-8-12-23/h3-12,24,30H,2,13-21H2,1H3/t24-,26?/m0/s1. The average molecular weight is 422 g/mol. The number of amides is 1. The van der Waals surface area contributed by atoms with Crippen LogP contribution in [0, 0.1) is 0 Å². The van der Waals surface area contributed by atoms with Crippen LogP contribution in [0.15, 0.2) is 60.7 Å². The Labute approximate surface area is 186 Å². The smallest absolute Gasteiger partial charge is 0.233 e. The number of piperazine rings is 1. The van der Waals surface area contributed by atoms with Crippen LogP contribution in [-0.4, -0.2) is 72.7 Å². The molecule has 2 aromatic carbocycles. The number of rotatable bonds is 8. The van der Waals surface area contributed by atoms with Gasteiger partial charge in [-0.15, -0.1) is 0 Å². The van der Waals surface area contributed by atoms with E-state index >= 15 is 0 Å². The summed E-state index contributed by atoms with van der Waals surface area (Å²) >= 11 is 0. The third-order valence-electron chi connectivity index (χ3n) is 6.90. The second kappa shape index (κ2) is 9.84. The van der Waals surface area contributed by atoms with Crippen LogP contribution in [0.25, 0.3) is 0 Å². The number of likely N-dealkylation sites (tertiary alicyclic amines) is 1. The van der Waals surface area contributed by atoms with E-state index in [-0.39, 0.29) is 5.91 Å². The number of aliphatic hydroxyl groups is 1. The molecule has 4 rings (SSSR count). The predicted octanol–water partition coefficient (Wildman–Crippen LogP) is 3.14. The highest BCUT2D eigenvalue weighted by atomic mass is 16.3. The van der Waals surface area contributed by atoms with Crippen LogP contribution in [0.1, 0.15) is 31.7 Å². The summed E-state index contributed by atoms with van der Waals surface area (Å²) in [6.07, 6.45) is 2.17. The van der Waals surface area contributed by atoms with Crippen LogP contribution in [0.2, 0.25) is 0 Å². The van der Waals surface area contributed by atoms with Crippen molar-refractivity contribution in [3.05, 3.63) is 66.2 Å². The first-order chi connectivity index (χ1) is 15.1. The van der Waals surface area contributed by atoms with Gasteiger partial charge in [-0.1, -0.05) is 61.9 Å². The molecule has 0 bridgehead atoms. The van der Waals surface area contributed by atoms with E-state index in [1.807, 2.05) is 29.2 Å². The molecule has 2 heterocycles. The lowest BCUT2D eigenvalue weighted by Gasteiger charge is -2.37. The second-order valence-corrected chi connectivity index (χ2v) is 8.98. The van der Waals surface area contributed by atoms with E-state index in [0.717, 1.165) is 57.5 Å². The van der Waals surface area contributed by atoms with E-state index in [2.05, 4.69) is 53.1 Å². The van der Waals surface area contributed by atoms with Crippen molar-refractivity contribution in [2.75, 3.05) is 50.7 Å². The number of hydrogen-bond acceptors (Lipinski definition) is 4. The van der Waals surface area contributed by atoms with Crippen LogP contribution >= 0.6 is 0 Å². The topological polar surface area (TPSA) is 47.0 Å². The van der Waals surface area contributed by atoms with Crippen LogP contribution in [0.3, 0.4) is 0 Å². The van der Waals surface area contributed by atoms with Gasteiger partial charge >= 0.3 is 0 Å². The molecule has 31 heavy (non-hydrogen) atoms. The Morgan fingerprint density at radius 1 is 0.903 bits per heavy atom. The normalized spacial score (nSPS) is 23.4. The van der Waals surface area contributed by atoms with Crippen molar-refractivity contribution in [2.24, 2.45) is 0 Å². The Kier molecular flexibility index (Phi) is 6.93. The molecule has 2 fully saturated rings. The van der Waals surface area contributed by atoms with E-state index in [1.165, 1.54) is 5.69 Å². The number of hydrogen-bond donors (Lipinski definition) is 1. The molecule has 2 aliphatic heterocycles. The first-order valence-corrected chi connectivity index (χ1v) is 11.7. The van der Waals surface area contributed by atoms with Gasteiger partial charge in [0.2, 0.25) is 5.91 Å². The summed E-state index contributed by atoms with van der Waals surface area (Å²) in [6.45, 7) is 7.72. The molecule has 1 unspecified atom stereocenters. The minimum absolute atomic E-state index is 0.188. The first kappa shape index (κ1) is 21.8. The fourth-order valence-corrected chi connectivity index (χ4v) is 5.28. The number of carbonyl (C=O) groups excluding carboxylic acids is 1. The molecule has 166 valence electrons. The number of carbonyl (C=O) groups is 1. The Morgan fingerprint density at radius 3 is 2.19 bits per heavy atom. The molecule has 0 spiro atoms. The van der Waals surface area contributed by atoms with Crippen molar-refractivity contribution in [3.63, 3.8) is 0 Å². The molecule has 2 aliphatic rings. The summed E-state index contributed by atoms with van der Waals surface area (Å²) in [5, 5.41) is 10.8. The zero-order valence-electron chi connectivity index (χ0n) is 18.6. The summed E-state index contributed by atoms with van der Waals surface area (Å²) in [5.41, 5.74) is 1.96. The van der Waals surface area contributed by atoms with E-state index in [9.17, 15) is 9.90 Å². The van der Waals surface area contributed by atoms with Crippen LogP contribution in [0.4, 0.5) is 5.69 Å². The first-order valence-electron chi connectivity index (χ1n) is 11.7. The number of anilines is 1. The van der Waals surface area contributed by atoms with Gasteiger partial charge in [0.25, 0.3) is 0 Å². The van der Waals surface area contributed by atoms with Crippen molar-refractivity contribution in [2.45, 2.75) is 37.7 Å². The number of para-hydroxylation sites is 1. The van der Waals surface area contributed by atoms with Gasteiger partial charge in [0, 0.05) is 51.5 Å². The molecular formula is C26H35N3O2. The van der Waals surface area contributed by atoms with E-state index in [0.29, 0.717) is 13.1 Å². The number of nitrogens with zero attached hydrogens (tertiary/aromatic N) is 3. The summed E-state index contributed by atoms with van der Waals surface area (Å²) < 4.78 is 0. The van der Waals surface area contributed by atoms with E-state index in [1.54, 1.807) is 0 Å². The maximum absolute atomic E-state index is 13.4. The minimum Gasteiger partial charge on any atom is -0.390 e. The van der Waals surface area contributed by atoms with Gasteiger partial charge in [0.1, 0.15) is 0 Å². The fraction of sp³-hybridized carbons (Fsp3) is 0.500. The second-order valence-electron chi connectivity index (χ2n) is 8.98. The zero-order valence-corrected chi connectivity index (χ0v) is 18.6. The minimum atomic E-state index is -0.513. The van der Waals surface area contributed by atoms with Crippen LogP contribution < -0.4 is 4.90 Å². The molecule has 5 heteroatoms. The molecule has 0 saturated carbocycles. The van der Waals surface area contributed by atoms with Gasteiger partial charge in [0.05, 0.1) is 11.5 Å². The zero-order chi connectivity index (χ0) is 21.7. The summed E-state index contributed by atoms with van der Waals surface area (Å²) in [6, 6.07) is 20.7. The Morgan fingerprint density at radius 2 is 1.55 bits per heavy atom. The highest BCUT2D eigenvalue weighted by Gasteiger charge is 2.47. The lowest BCUT2D eigenvalue weighted by atomic mass is 9.75. The number of β-amino-alcohol motifs (C(OH)–C–C–N with tert-alkyl or cyclic N) is 1. The van der Waals surface area contributed by atoms with E-state index in [4.69, 9.17) is 0 Å². The molecule has 0 radical (unpaired) electrons. The lowest BCUT2D eigenvalue weighted by molar-refractivity contribution is -0.134. The highest BCUT2D eigenvalue weighted by molar-refractivity contribution is 5.90. The van der Waals surface area contributed by atoms with Crippen molar-refractivity contribution >= 4 is 11.6 Å². The van der Waals surface area contributed by atoms with Crippen molar-refractivity contribution in [1.29, 1.82) is 0 Å². The fourth-order valence-electron chi connectivity index (χ4n) is 5.28. The van der Waals surface area contributed by atoms with Crippen molar-refractivity contribution in [3.8, 4) is 0 Å². The Bertz CT molecular complexity index is 836. The maximum atomic E-state index is 13.4. The molecule has 0 aliphatic carbocycles. The molecule has 2 saturated heterocycles. The van der Waals surface area contributed by atoms with Crippen molar-refractivity contribution in [1.82, 2.24) is 9.80 Å². The molecule has 5 nitrogen and oxygen atoms in total. The molecule has 2 atom stereocenters. The monoisotopic (exact) mass is 421 g/mol. The Balaban J connectivity index is 1.31. The molecule has 1 N–H and O–H groups in total. The number of benzene rings is 2. The third kappa shape index (κ3) is 4.78. The van der Waals surface area contributed by atoms with Gasteiger partial charge in [0.15, 0.2) is 0 Å². The molecule has 2 aromatic rings. The summed E-state index contributed by atoms with van der Waals surface area (Å²) in [5.74, 6) is 0.188. The quantitative estimate of drug-likeness (QED) is 0.711. The van der Waals surface area contributed by atoms with Crippen LogP contribution in [0.5, 0.6) is 0 Å². The van der Waals surface area contributed by atoms with Gasteiger partial charge in [-0.05, 0) is 30.5 Å². The maximum Gasteiger partial charge on any atom is 0.233 e. The highest BCUT2D eigenvalue weighted by Crippen LogP contribution is 2.39. The van der Waals surface area contributed by atoms with Gasteiger partial charge in [-0.3, -0.25) is 9.69 Å². The molecular weight excluding hydrogens is 386 g/mol. The van der Waals surface area contributed by atoms with Gasteiger partial charge < -0.3 is 14.9 Å². The summed E-state index contributed by atoms with van der Waals surface area (Å²) in [7, 11) is 0. The van der Waals surface area contributed by atoms with Gasteiger partial charge in [-0.25, -0.2) is 0 Å². The molecule has 0 aromatic heterocycles. The number of aliphatic hydroxyl groups excluding tert-OH is 1. The third-order valence-corrected chi connectivity index (χ3v) is 6.90. The van der Waals surface area contributed by atoms with Crippen molar-refractivity contribution < 1.29 is 9.90 Å². The lowest BCUT2D eigenvalue weighted by Crippen LogP contribution is -2.50. The van der Waals surface area contributed by atoms with Gasteiger partial charge in [-0.2, -0.15) is 0 Å². The SMILES string of the molecule is CCCC1(c2ccccc2)CCN(C[C@@H](O)CN2CCN(c3ccccc3)CC2)C1=O. The summed E-state index contributed by atoms with van der Waals surface area (Å²) in [4.78, 5) is 20.1.